The minimum Gasteiger partial charge on any atom is -0.324 e. The van der Waals surface area contributed by atoms with E-state index in [4.69, 9.17) is 0 Å². The lowest BCUT2D eigenvalue weighted by atomic mass is 10.1. The number of carbonyl (C=O) groups excluding carboxylic acids is 1. The Kier molecular flexibility index (Phi) is 6.05. The molecule has 0 aliphatic carbocycles. The van der Waals surface area contributed by atoms with E-state index < -0.39 is 22.0 Å². The molecule has 1 atom stereocenters. The van der Waals surface area contributed by atoms with E-state index in [1.807, 2.05) is 19.9 Å². The number of sulfonamides is 1. The largest absolute Gasteiger partial charge is 0.324 e. The van der Waals surface area contributed by atoms with Gasteiger partial charge in [-0.25, -0.2) is 8.42 Å². The second-order valence-electron chi connectivity index (χ2n) is 7.35. The third-order valence-corrected chi connectivity index (χ3v) is 7.31. The van der Waals surface area contributed by atoms with Gasteiger partial charge >= 0.3 is 4.87 Å². The van der Waals surface area contributed by atoms with Gasteiger partial charge in [-0.05, 0) is 61.7 Å². The first-order chi connectivity index (χ1) is 14.0. The summed E-state index contributed by atoms with van der Waals surface area (Å²) in [5.74, 6) is -0.427. The summed E-state index contributed by atoms with van der Waals surface area (Å²) in [6.45, 7) is 5.62. The van der Waals surface area contributed by atoms with Gasteiger partial charge in [0.15, 0.2) is 0 Å². The van der Waals surface area contributed by atoms with Gasteiger partial charge in [0.1, 0.15) is 6.04 Å². The van der Waals surface area contributed by atoms with E-state index in [0.717, 1.165) is 38.9 Å². The van der Waals surface area contributed by atoms with Crippen molar-refractivity contribution in [3.63, 3.8) is 0 Å². The van der Waals surface area contributed by atoms with Gasteiger partial charge in [-0.1, -0.05) is 24.3 Å². The van der Waals surface area contributed by atoms with Gasteiger partial charge in [0.25, 0.3) is 0 Å². The van der Waals surface area contributed by atoms with Gasteiger partial charge < -0.3 is 9.88 Å². The van der Waals surface area contributed by atoms with Crippen molar-refractivity contribution in [2.75, 3.05) is 15.9 Å². The fourth-order valence-electron chi connectivity index (χ4n) is 3.36. The topological polar surface area (TPSA) is 88.5 Å². The zero-order chi connectivity index (χ0) is 22.2. The molecule has 160 valence electrons. The number of nitrogens with zero attached hydrogens (tertiary/aromatic N) is 2. The Morgan fingerprint density at radius 3 is 2.47 bits per heavy atom. The average Bonchev–Trinajstić information content (AvgIpc) is 2.94. The SMILES string of the molecule is CC[C@H](C(=O)Nc1ccc2c(c1)sc(=O)n2C)N(c1ccc(C)c(C)c1)S(C)(=O)=O. The molecule has 9 heteroatoms. The maximum absolute atomic E-state index is 13.1. The van der Waals surface area contributed by atoms with Gasteiger partial charge in [-0.2, -0.15) is 0 Å². The fraction of sp³-hybridized carbons (Fsp3) is 0.333. The Hall–Kier alpha value is -2.65. The van der Waals surface area contributed by atoms with E-state index in [9.17, 15) is 18.0 Å². The van der Waals surface area contributed by atoms with Crippen LogP contribution in [0.1, 0.15) is 24.5 Å². The Bertz CT molecular complexity index is 1280. The monoisotopic (exact) mass is 447 g/mol. The van der Waals surface area contributed by atoms with Crippen LogP contribution in [-0.2, 0) is 21.9 Å². The Morgan fingerprint density at radius 1 is 1.17 bits per heavy atom. The molecule has 30 heavy (non-hydrogen) atoms. The number of amides is 1. The predicted molar refractivity (Wildman–Crippen MR) is 123 cm³/mol. The van der Waals surface area contributed by atoms with Crippen molar-refractivity contribution in [2.24, 2.45) is 7.05 Å². The third kappa shape index (κ3) is 4.27. The standard InChI is InChI=1S/C21H25N3O4S2/c1-6-17(24(30(5,27)28)16-9-7-13(2)14(3)11-16)20(25)22-15-8-10-18-19(12-15)29-21(26)23(18)4/h7-12,17H,6H2,1-5H3,(H,22,25)/t17-/m1/s1. The normalized spacial score (nSPS) is 12.7. The van der Waals surface area contributed by atoms with Gasteiger partial charge in [-0.15, -0.1) is 0 Å². The van der Waals surface area contributed by atoms with Crippen molar-refractivity contribution < 1.29 is 13.2 Å². The van der Waals surface area contributed by atoms with Gasteiger partial charge in [0, 0.05) is 12.7 Å². The van der Waals surface area contributed by atoms with Gasteiger partial charge in [0.05, 0.1) is 22.2 Å². The second-order valence-corrected chi connectivity index (χ2v) is 10.2. The number of hydrogen-bond donors (Lipinski definition) is 1. The van der Waals surface area contributed by atoms with Crippen molar-refractivity contribution >= 4 is 48.9 Å². The number of rotatable bonds is 6. The molecule has 2 aromatic carbocycles. The molecule has 1 heterocycles. The summed E-state index contributed by atoms with van der Waals surface area (Å²) in [6, 6.07) is 9.63. The first kappa shape index (κ1) is 22.0. The highest BCUT2D eigenvalue weighted by atomic mass is 32.2. The number of carbonyl (C=O) groups is 1. The molecule has 0 bridgehead atoms. The van der Waals surface area contributed by atoms with Crippen LogP contribution in [-0.4, -0.2) is 31.2 Å². The molecule has 3 rings (SSSR count). The van der Waals surface area contributed by atoms with Crippen LogP contribution in [0.2, 0.25) is 0 Å². The molecule has 0 saturated carbocycles. The van der Waals surface area contributed by atoms with Crippen LogP contribution in [0, 0.1) is 13.8 Å². The van der Waals surface area contributed by atoms with Crippen LogP contribution in [0.25, 0.3) is 10.2 Å². The number of aromatic nitrogens is 1. The van der Waals surface area contributed by atoms with Crippen LogP contribution in [0.5, 0.6) is 0 Å². The number of aryl methyl sites for hydroxylation is 3. The number of benzene rings is 2. The number of fused-ring (bicyclic) bond motifs is 1. The molecule has 0 aliphatic rings. The highest BCUT2D eigenvalue weighted by Crippen LogP contribution is 2.26. The fourth-order valence-corrected chi connectivity index (χ4v) is 5.48. The summed E-state index contributed by atoms with van der Waals surface area (Å²) >= 11 is 1.09. The van der Waals surface area contributed by atoms with Crippen LogP contribution in [0.15, 0.2) is 41.2 Å². The lowest BCUT2D eigenvalue weighted by Gasteiger charge is -2.30. The van der Waals surface area contributed by atoms with E-state index in [1.54, 1.807) is 48.9 Å². The third-order valence-electron chi connectivity index (χ3n) is 5.13. The molecule has 3 aromatic rings. The molecular weight excluding hydrogens is 422 g/mol. The number of thiazole rings is 1. The minimum atomic E-state index is -3.70. The van der Waals surface area contributed by atoms with Crippen LogP contribution >= 0.6 is 11.3 Å². The summed E-state index contributed by atoms with van der Waals surface area (Å²) in [7, 11) is -2.01. The Morgan fingerprint density at radius 2 is 1.87 bits per heavy atom. The molecule has 0 spiro atoms. The summed E-state index contributed by atoms with van der Waals surface area (Å²) in [5, 5.41) is 2.81. The lowest BCUT2D eigenvalue weighted by molar-refractivity contribution is -0.117. The van der Waals surface area contributed by atoms with E-state index >= 15 is 0 Å². The molecule has 1 amide bonds. The summed E-state index contributed by atoms with van der Waals surface area (Å²) in [4.78, 5) is 24.9. The van der Waals surface area contributed by atoms with E-state index in [2.05, 4.69) is 5.32 Å². The number of hydrogen-bond acceptors (Lipinski definition) is 5. The van der Waals surface area contributed by atoms with E-state index in [-0.39, 0.29) is 4.87 Å². The maximum atomic E-state index is 13.1. The van der Waals surface area contributed by atoms with Crippen LogP contribution in [0.4, 0.5) is 11.4 Å². The average molecular weight is 448 g/mol. The maximum Gasteiger partial charge on any atom is 0.307 e. The Balaban J connectivity index is 1.96. The zero-order valence-corrected chi connectivity index (χ0v) is 19.2. The minimum absolute atomic E-state index is 0.0853. The summed E-state index contributed by atoms with van der Waals surface area (Å²) < 4.78 is 28.7. The molecule has 0 unspecified atom stereocenters. The van der Waals surface area contributed by atoms with E-state index in [1.165, 1.54) is 4.31 Å². The molecule has 0 saturated heterocycles. The van der Waals surface area contributed by atoms with Crippen molar-refractivity contribution in [3.8, 4) is 0 Å². The molecule has 7 nitrogen and oxygen atoms in total. The van der Waals surface area contributed by atoms with Crippen molar-refractivity contribution in [3.05, 3.63) is 57.2 Å². The molecule has 0 radical (unpaired) electrons. The molecule has 1 aromatic heterocycles. The molecule has 0 aliphatic heterocycles. The molecular formula is C21H25N3O4S2. The molecule has 1 N–H and O–H groups in total. The summed E-state index contributed by atoms with van der Waals surface area (Å²) in [5.41, 5.74) is 3.74. The number of anilines is 2. The van der Waals surface area contributed by atoms with Crippen molar-refractivity contribution in [2.45, 2.75) is 33.2 Å². The van der Waals surface area contributed by atoms with Crippen molar-refractivity contribution in [1.29, 1.82) is 0 Å². The Labute approximate surface area is 180 Å². The first-order valence-electron chi connectivity index (χ1n) is 9.50. The second kappa shape index (κ2) is 8.23. The first-order valence-corrected chi connectivity index (χ1v) is 12.2. The predicted octanol–water partition coefficient (Wildman–Crippen LogP) is 3.40. The lowest BCUT2D eigenvalue weighted by Crippen LogP contribution is -2.47. The van der Waals surface area contributed by atoms with Gasteiger partial charge in [-0.3, -0.25) is 13.9 Å². The summed E-state index contributed by atoms with van der Waals surface area (Å²) in [6.07, 6.45) is 1.40. The van der Waals surface area contributed by atoms with Crippen LogP contribution < -0.4 is 14.5 Å². The number of nitrogens with one attached hydrogen (secondary N) is 1. The van der Waals surface area contributed by atoms with Crippen molar-refractivity contribution in [1.82, 2.24) is 4.57 Å². The highest BCUT2D eigenvalue weighted by Gasteiger charge is 2.31. The van der Waals surface area contributed by atoms with Crippen LogP contribution in [0.3, 0.4) is 0 Å². The van der Waals surface area contributed by atoms with E-state index in [0.29, 0.717) is 17.8 Å². The molecule has 0 fully saturated rings. The quantitative estimate of drug-likeness (QED) is 0.627. The highest BCUT2D eigenvalue weighted by molar-refractivity contribution is 7.92. The smallest absolute Gasteiger partial charge is 0.307 e. The zero-order valence-electron chi connectivity index (χ0n) is 17.6. The van der Waals surface area contributed by atoms with Gasteiger partial charge in [0.2, 0.25) is 15.9 Å².